The van der Waals surface area contributed by atoms with Gasteiger partial charge in [-0.05, 0) is 20.3 Å². The van der Waals surface area contributed by atoms with E-state index in [4.69, 9.17) is 5.11 Å². The maximum atomic E-state index is 11.6. The van der Waals surface area contributed by atoms with Crippen molar-refractivity contribution in [2.45, 2.75) is 32.7 Å². The molecule has 88 valence electrons. The minimum Gasteiger partial charge on any atom is -0.481 e. The summed E-state index contributed by atoms with van der Waals surface area (Å²) in [6.45, 7) is 3.62. The molecule has 6 heteroatoms. The monoisotopic (exact) mass is 242 g/mol. The first-order chi connectivity index (χ1) is 7.49. The predicted molar refractivity (Wildman–Crippen MR) is 60.6 cm³/mol. The number of thiazole rings is 1. The number of amides is 1. The van der Waals surface area contributed by atoms with E-state index in [-0.39, 0.29) is 18.4 Å². The molecule has 0 saturated heterocycles. The highest BCUT2D eigenvalue weighted by Gasteiger charge is 2.12. The molecule has 1 unspecified atom stereocenters. The Morgan fingerprint density at radius 3 is 2.81 bits per heavy atom. The molecule has 1 rings (SSSR count). The van der Waals surface area contributed by atoms with Crippen LogP contribution in [0.25, 0.3) is 0 Å². The van der Waals surface area contributed by atoms with E-state index >= 15 is 0 Å². The van der Waals surface area contributed by atoms with E-state index in [2.05, 4.69) is 10.3 Å². The Labute approximate surface area is 97.5 Å². The molecule has 0 spiro atoms. The first-order valence-corrected chi connectivity index (χ1v) is 5.75. The van der Waals surface area contributed by atoms with E-state index in [1.165, 1.54) is 17.5 Å². The lowest BCUT2D eigenvalue weighted by Gasteiger charge is -2.11. The van der Waals surface area contributed by atoms with Crippen LogP contribution in [0.3, 0.4) is 0 Å². The molecule has 1 heterocycles. The van der Waals surface area contributed by atoms with Crippen LogP contribution in [0.1, 0.15) is 34.4 Å². The molecule has 0 bridgehead atoms. The van der Waals surface area contributed by atoms with Gasteiger partial charge >= 0.3 is 5.97 Å². The molecule has 0 aliphatic heterocycles. The number of carbonyl (C=O) groups is 2. The number of rotatable bonds is 5. The summed E-state index contributed by atoms with van der Waals surface area (Å²) in [5.41, 5.74) is 0. The lowest BCUT2D eigenvalue weighted by atomic mass is 10.2. The van der Waals surface area contributed by atoms with Crippen LogP contribution < -0.4 is 5.32 Å². The number of nitrogens with zero attached hydrogens (tertiary/aromatic N) is 1. The Bertz CT molecular complexity index is 389. The molecule has 0 aliphatic rings. The Kier molecular flexibility index (Phi) is 4.42. The summed E-state index contributed by atoms with van der Waals surface area (Å²) < 4.78 is 0. The molecule has 1 amide bonds. The van der Waals surface area contributed by atoms with Crippen molar-refractivity contribution in [2.24, 2.45) is 0 Å². The van der Waals surface area contributed by atoms with Crippen LogP contribution in [0.5, 0.6) is 0 Å². The van der Waals surface area contributed by atoms with E-state index in [0.29, 0.717) is 11.3 Å². The van der Waals surface area contributed by atoms with Gasteiger partial charge in [-0.1, -0.05) is 0 Å². The molecule has 1 aromatic rings. The highest BCUT2D eigenvalue weighted by molar-refractivity contribution is 7.13. The summed E-state index contributed by atoms with van der Waals surface area (Å²) in [5, 5.41) is 12.1. The van der Waals surface area contributed by atoms with E-state index in [1.54, 1.807) is 6.92 Å². The molecule has 5 nitrogen and oxygen atoms in total. The second-order valence-electron chi connectivity index (χ2n) is 3.55. The van der Waals surface area contributed by atoms with Crippen molar-refractivity contribution in [1.29, 1.82) is 0 Å². The van der Waals surface area contributed by atoms with Crippen molar-refractivity contribution >= 4 is 23.2 Å². The molecule has 16 heavy (non-hydrogen) atoms. The number of aryl methyl sites for hydroxylation is 1. The van der Waals surface area contributed by atoms with Crippen LogP contribution in [0.2, 0.25) is 0 Å². The number of carboxylic acids is 1. The Hall–Kier alpha value is -1.43. The predicted octanol–water partition coefficient (Wildman–Crippen LogP) is 1.43. The molecule has 0 aromatic carbocycles. The highest BCUT2D eigenvalue weighted by Crippen LogP contribution is 2.11. The van der Waals surface area contributed by atoms with Crippen LogP contribution >= 0.6 is 11.3 Å². The quantitative estimate of drug-likeness (QED) is 0.818. The smallest absolute Gasteiger partial charge is 0.303 e. The third kappa shape index (κ3) is 3.98. The molecule has 2 N–H and O–H groups in total. The second kappa shape index (κ2) is 5.60. The van der Waals surface area contributed by atoms with E-state index in [0.717, 1.165) is 5.01 Å². The van der Waals surface area contributed by atoms with Crippen molar-refractivity contribution < 1.29 is 14.7 Å². The van der Waals surface area contributed by atoms with Crippen molar-refractivity contribution in [3.8, 4) is 0 Å². The molecule has 0 aliphatic carbocycles. The van der Waals surface area contributed by atoms with Gasteiger partial charge in [-0.2, -0.15) is 0 Å². The summed E-state index contributed by atoms with van der Waals surface area (Å²) in [6, 6.07) is -0.147. The minimum absolute atomic E-state index is 0.0587. The summed E-state index contributed by atoms with van der Waals surface area (Å²) in [6.07, 6.45) is 2.02. The SMILES string of the molecule is Cc1ncc(C(=O)NC(C)CCC(=O)O)s1. The van der Waals surface area contributed by atoms with Gasteiger partial charge in [0.05, 0.1) is 11.2 Å². The van der Waals surface area contributed by atoms with Gasteiger partial charge in [0.15, 0.2) is 0 Å². The molecular formula is C10H14N2O3S. The fraction of sp³-hybridized carbons (Fsp3) is 0.500. The van der Waals surface area contributed by atoms with Crippen LogP contribution in [-0.4, -0.2) is 28.0 Å². The van der Waals surface area contributed by atoms with Crippen LogP contribution in [0.15, 0.2) is 6.20 Å². The largest absolute Gasteiger partial charge is 0.481 e. The average Bonchev–Trinajstić information content (AvgIpc) is 2.62. The Morgan fingerprint density at radius 2 is 2.31 bits per heavy atom. The number of carboxylic acid groups (broad SMARTS) is 1. The first-order valence-electron chi connectivity index (χ1n) is 4.94. The van der Waals surface area contributed by atoms with Crippen LogP contribution in [-0.2, 0) is 4.79 Å². The lowest BCUT2D eigenvalue weighted by molar-refractivity contribution is -0.137. The summed E-state index contributed by atoms with van der Waals surface area (Å²) in [7, 11) is 0. The van der Waals surface area contributed by atoms with Gasteiger partial charge in [-0.15, -0.1) is 11.3 Å². The van der Waals surface area contributed by atoms with Gasteiger partial charge in [0, 0.05) is 12.5 Å². The van der Waals surface area contributed by atoms with E-state index in [9.17, 15) is 9.59 Å². The zero-order chi connectivity index (χ0) is 12.1. The second-order valence-corrected chi connectivity index (χ2v) is 4.79. The summed E-state index contributed by atoms with van der Waals surface area (Å²) in [4.78, 5) is 26.5. The van der Waals surface area contributed by atoms with Crippen molar-refractivity contribution in [1.82, 2.24) is 10.3 Å². The molecule has 1 aromatic heterocycles. The third-order valence-corrected chi connectivity index (χ3v) is 2.93. The maximum absolute atomic E-state index is 11.6. The Morgan fingerprint density at radius 1 is 1.62 bits per heavy atom. The first kappa shape index (κ1) is 12.6. The maximum Gasteiger partial charge on any atom is 0.303 e. The van der Waals surface area contributed by atoms with Gasteiger partial charge < -0.3 is 10.4 Å². The van der Waals surface area contributed by atoms with E-state index in [1.807, 2.05) is 6.92 Å². The van der Waals surface area contributed by atoms with Crippen molar-refractivity contribution in [3.63, 3.8) is 0 Å². The fourth-order valence-corrected chi connectivity index (χ4v) is 1.85. The van der Waals surface area contributed by atoms with Crippen molar-refractivity contribution in [3.05, 3.63) is 16.1 Å². The van der Waals surface area contributed by atoms with Crippen LogP contribution in [0.4, 0.5) is 0 Å². The van der Waals surface area contributed by atoms with Gasteiger partial charge in [0.1, 0.15) is 4.88 Å². The molecule has 1 atom stereocenters. The summed E-state index contributed by atoms with van der Waals surface area (Å²) in [5.74, 6) is -1.04. The fourth-order valence-electron chi connectivity index (χ4n) is 1.17. The number of nitrogens with one attached hydrogen (secondary N) is 1. The van der Waals surface area contributed by atoms with Gasteiger partial charge in [-0.25, -0.2) is 4.98 Å². The molecule has 0 fully saturated rings. The minimum atomic E-state index is -0.852. The lowest BCUT2D eigenvalue weighted by Crippen LogP contribution is -2.32. The number of aromatic nitrogens is 1. The van der Waals surface area contributed by atoms with Gasteiger partial charge in [0.2, 0.25) is 0 Å². The zero-order valence-electron chi connectivity index (χ0n) is 9.19. The average molecular weight is 242 g/mol. The number of carbonyl (C=O) groups excluding carboxylic acids is 1. The molecular weight excluding hydrogens is 228 g/mol. The highest BCUT2D eigenvalue weighted by atomic mass is 32.1. The number of hydrogen-bond acceptors (Lipinski definition) is 4. The standard InChI is InChI=1S/C10H14N2O3S/c1-6(3-4-9(13)14)12-10(15)8-5-11-7(2)16-8/h5-6H,3-4H2,1-2H3,(H,12,15)(H,13,14). The topological polar surface area (TPSA) is 79.3 Å². The van der Waals surface area contributed by atoms with Crippen LogP contribution in [0, 0.1) is 6.92 Å². The normalized spacial score (nSPS) is 12.1. The number of hydrogen-bond donors (Lipinski definition) is 2. The molecule has 0 radical (unpaired) electrons. The number of aliphatic carboxylic acids is 1. The Balaban J connectivity index is 2.42. The third-order valence-electron chi connectivity index (χ3n) is 2.01. The van der Waals surface area contributed by atoms with Crippen molar-refractivity contribution in [2.75, 3.05) is 0 Å². The van der Waals surface area contributed by atoms with Gasteiger partial charge in [0.25, 0.3) is 5.91 Å². The summed E-state index contributed by atoms with van der Waals surface area (Å²) >= 11 is 1.32. The van der Waals surface area contributed by atoms with Gasteiger partial charge in [-0.3, -0.25) is 9.59 Å². The van der Waals surface area contributed by atoms with E-state index < -0.39 is 5.97 Å². The molecule has 0 saturated carbocycles. The zero-order valence-corrected chi connectivity index (χ0v) is 10.0.